The van der Waals surface area contributed by atoms with Crippen LogP contribution < -0.4 is 20.4 Å². The fraction of sp³-hybridized carbons (Fsp3) is 0.185. The number of hydrogen-bond donors (Lipinski definition) is 2. The Kier molecular flexibility index (Phi) is 7.19. The minimum absolute atomic E-state index is 0.176. The van der Waals surface area contributed by atoms with Crippen molar-refractivity contribution in [3.8, 4) is 11.4 Å². The molecule has 1 saturated heterocycles. The van der Waals surface area contributed by atoms with Crippen molar-refractivity contribution in [2.24, 2.45) is 0 Å². The van der Waals surface area contributed by atoms with E-state index >= 15 is 0 Å². The van der Waals surface area contributed by atoms with Crippen LogP contribution in [0.1, 0.15) is 23.9 Å². The number of ether oxygens (including phenoxy) is 1. The largest absolute Gasteiger partial charge is 0.494 e. The Morgan fingerprint density at radius 3 is 2.77 bits per heavy atom. The lowest BCUT2D eigenvalue weighted by atomic mass is 10.0. The molecule has 4 aromatic rings. The van der Waals surface area contributed by atoms with E-state index in [-0.39, 0.29) is 5.56 Å². The maximum Gasteiger partial charge on any atom is 0.247 e. The summed E-state index contributed by atoms with van der Waals surface area (Å²) in [7, 11) is 1.52. The number of aryl methyl sites for hydroxylation is 1. The van der Waals surface area contributed by atoms with Crippen LogP contribution in [0.2, 0.25) is 0 Å². The Hall–Kier alpha value is -4.84. The van der Waals surface area contributed by atoms with E-state index < -0.39 is 23.6 Å². The van der Waals surface area contributed by atoms with Crippen molar-refractivity contribution in [1.29, 1.82) is 0 Å². The number of halogens is 2. The van der Waals surface area contributed by atoms with Gasteiger partial charge >= 0.3 is 0 Å². The summed E-state index contributed by atoms with van der Waals surface area (Å²) >= 11 is 0. The first-order valence-electron chi connectivity index (χ1n) is 12.0. The van der Waals surface area contributed by atoms with E-state index in [0.29, 0.717) is 53.3 Å². The summed E-state index contributed by atoms with van der Waals surface area (Å²) in [6.07, 6.45) is 6.37. The predicted molar refractivity (Wildman–Crippen MR) is 141 cm³/mol. The van der Waals surface area contributed by atoms with Crippen LogP contribution in [0.4, 0.5) is 31.8 Å². The molecule has 2 aromatic carbocycles. The number of carbonyl (C=O) groups is 1. The number of hydroxylamine groups is 1. The average Bonchev–Trinajstić information content (AvgIpc) is 3.59. The Morgan fingerprint density at radius 2 is 2.03 bits per heavy atom. The van der Waals surface area contributed by atoms with Gasteiger partial charge in [0.25, 0.3) is 0 Å². The molecular weight excluding hydrogens is 508 g/mol. The number of hydrogen-bond acceptors (Lipinski definition) is 8. The number of nitrogens with one attached hydrogen (secondary N) is 2. The molecule has 1 unspecified atom stereocenters. The molecule has 1 atom stereocenters. The minimum Gasteiger partial charge on any atom is -0.494 e. The van der Waals surface area contributed by atoms with Crippen LogP contribution >= 0.6 is 0 Å². The molecule has 2 N–H and O–H groups in total. The second-order valence-corrected chi connectivity index (χ2v) is 8.62. The van der Waals surface area contributed by atoms with E-state index in [0.717, 1.165) is 18.2 Å². The quantitative estimate of drug-likeness (QED) is 0.305. The smallest absolute Gasteiger partial charge is 0.247 e. The van der Waals surface area contributed by atoms with E-state index in [4.69, 9.17) is 9.57 Å². The van der Waals surface area contributed by atoms with Gasteiger partial charge < -0.3 is 19.9 Å². The van der Waals surface area contributed by atoms with Crippen LogP contribution in [0.15, 0.2) is 67.8 Å². The molecule has 0 saturated carbocycles. The molecule has 0 aliphatic carbocycles. The summed E-state index contributed by atoms with van der Waals surface area (Å²) in [6, 6.07) is 7.83. The number of benzene rings is 2. The number of amides is 1. The summed E-state index contributed by atoms with van der Waals surface area (Å²) in [5, 5.41) is 7.45. The second-order valence-electron chi connectivity index (χ2n) is 8.62. The maximum absolute atomic E-state index is 14.5. The molecular formula is C27H25F2N7O3. The number of imidazole rings is 1. The normalized spacial score (nSPS) is 14.8. The third-order valence-corrected chi connectivity index (χ3v) is 6.21. The molecule has 1 aliphatic heterocycles. The van der Waals surface area contributed by atoms with E-state index in [2.05, 4.69) is 32.2 Å². The molecule has 0 radical (unpaired) electrons. The number of rotatable bonds is 8. The van der Waals surface area contributed by atoms with Crippen molar-refractivity contribution in [1.82, 2.24) is 19.5 Å². The molecule has 10 nitrogen and oxygen atoms in total. The fourth-order valence-corrected chi connectivity index (χ4v) is 4.37. The van der Waals surface area contributed by atoms with Crippen LogP contribution in [0.5, 0.6) is 5.75 Å². The molecule has 0 spiro atoms. The molecule has 1 fully saturated rings. The van der Waals surface area contributed by atoms with Gasteiger partial charge in [0.15, 0.2) is 5.82 Å². The predicted octanol–water partition coefficient (Wildman–Crippen LogP) is 5.01. The lowest BCUT2D eigenvalue weighted by Crippen LogP contribution is -2.23. The lowest BCUT2D eigenvalue weighted by molar-refractivity contribution is -0.111. The van der Waals surface area contributed by atoms with E-state index in [1.165, 1.54) is 24.6 Å². The average molecular weight is 534 g/mol. The van der Waals surface area contributed by atoms with Crippen LogP contribution in [0.25, 0.3) is 5.69 Å². The Labute approximate surface area is 222 Å². The van der Waals surface area contributed by atoms with Crippen LogP contribution in [0, 0.1) is 18.6 Å². The second kappa shape index (κ2) is 10.9. The molecule has 5 rings (SSSR count). The van der Waals surface area contributed by atoms with Gasteiger partial charge in [-0.2, -0.15) is 0 Å². The summed E-state index contributed by atoms with van der Waals surface area (Å²) in [6.45, 7) is 5.67. The van der Waals surface area contributed by atoms with Crippen LogP contribution in [-0.2, 0) is 9.63 Å². The summed E-state index contributed by atoms with van der Waals surface area (Å²) in [4.78, 5) is 30.8. The highest BCUT2D eigenvalue weighted by Crippen LogP contribution is 2.38. The van der Waals surface area contributed by atoms with Crippen molar-refractivity contribution >= 4 is 28.9 Å². The third-order valence-electron chi connectivity index (χ3n) is 6.21. The minimum atomic E-state index is -0.573. The topological polar surface area (TPSA) is 106 Å². The van der Waals surface area contributed by atoms with Gasteiger partial charge in [0.05, 0.1) is 36.8 Å². The first kappa shape index (κ1) is 25.8. The molecule has 200 valence electrons. The Balaban J connectivity index is 1.49. The van der Waals surface area contributed by atoms with Crippen molar-refractivity contribution in [2.45, 2.75) is 19.4 Å². The van der Waals surface area contributed by atoms with E-state index in [9.17, 15) is 13.6 Å². The van der Waals surface area contributed by atoms with Crippen molar-refractivity contribution < 1.29 is 23.1 Å². The number of methoxy groups -OCH3 is 1. The van der Waals surface area contributed by atoms with Crippen LogP contribution in [-0.4, -0.2) is 39.1 Å². The third kappa shape index (κ3) is 5.27. The van der Waals surface area contributed by atoms with Gasteiger partial charge in [-0.05, 0) is 37.3 Å². The fourth-order valence-electron chi connectivity index (χ4n) is 4.37. The first-order chi connectivity index (χ1) is 18.9. The van der Waals surface area contributed by atoms with Gasteiger partial charge in [0.2, 0.25) is 5.91 Å². The molecule has 1 aliphatic rings. The monoisotopic (exact) mass is 533 g/mol. The number of anilines is 4. The van der Waals surface area contributed by atoms with Crippen molar-refractivity contribution in [2.75, 3.05) is 29.4 Å². The van der Waals surface area contributed by atoms with E-state index in [1.54, 1.807) is 30.6 Å². The van der Waals surface area contributed by atoms with Crippen LogP contribution in [0.3, 0.4) is 0 Å². The standard InChI is InChI=1S/C27H25F2N7O3/c1-4-27(37)34-20-12-21(24(38-3)13-23(20)35-9-8-30-16(35)2)33-25-14-26(32-15-31-25)36-22(7-10-39-36)18-11-17(28)5-6-19(18)29/h4-6,8-9,11-15,22H,1,7,10H2,2-3H3,(H,34,37)(H,31,32,33). The Bertz CT molecular complexity index is 1540. The zero-order chi connectivity index (χ0) is 27.5. The zero-order valence-electron chi connectivity index (χ0n) is 21.2. The van der Waals surface area contributed by atoms with Gasteiger partial charge in [-0.1, -0.05) is 6.58 Å². The van der Waals surface area contributed by atoms with Gasteiger partial charge in [-0.3, -0.25) is 9.63 Å². The molecule has 12 heteroatoms. The molecule has 2 aromatic heterocycles. The van der Waals surface area contributed by atoms with Crippen molar-refractivity contribution in [3.05, 3.63) is 90.8 Å². The molecule has 39 heavy (non-hydrogen) atoms. The van der Waals surface area contributed by atoms with Gasteiger partial charge in [-0.25, -0.2) is 28.8 Å². The van der Waals surface area contributed by atoms with E-state index in [1.807, 2.05) is 11.5 Å². The summed E-state index contributed by atoms with van der Waals surface area (Å²) in [5.74, 6) is 0.439. The summed E-state index contributed by atoms with van der Waals surface area (Å²) < 4.78 is 35.8. The highest BCUT2D eigenvalue weighted by atomic mass is 19.1. The highest BCUT2D eigenvalue weighted by Gasteiger charge is 2.31. The lowest BCUT2D eigenvalue weighted by Gasteiger charge is -2.24. The number of nitrogens with zero attached hydrogens (tertiary/aromatic N) is 5. The summed E-state index contributed by atoms with van der Waals surface area (Å²) in [5.41, 5.74) is 1.79. The Morgan fingerprint density at radius 1 is 1.18 bits per heavy atom. The number of carbonyl (C=O) groups excluding carboxylic acids is 1. The number of aromatic nitrogens is 4. The van der Waals surface area contributed by atoms with Crippen molar-refractivity contribution in [3.63, 3.8) is 0 Å². The molecule has 3 heterocycles. The molecule has 0 bridgehead atoms. The van der Waals surface area contributed by atoms with Gasteiger partial charge in [-0.15, -0.1) is 0 Å². The SMILES string of the molecule is C=CC(=O)Nc1cc(Nc2cc(N3OCCC3c3cc(F)ccc3F)ncn2)c(OC)cc1-n1ccnc1C. The van der Waals surface area contributed by atoms with Gasteiger partial charge in [0.1, 0.15) is 35.4 Å². The van der Waals surface area contributed by atoms with Gasteiger partial charge in [0, 0.05) is 36.5 Å². The highest BCUT2D eigenvalue weighted by molar-refractivity contribution is 6.01. The maximum atomic E-state index is 14.5. The first-order valence-corrected chi connectivity index (χ1v) is 12.0. The molecule has 1 amide bonds. The zero-order valence-corrected chi connectivity index (χ0v) is 21.2.